The van der Waals surface area contributed by atoms with Gasteiger partial charge in [0.2, 0.25) is 0 Å². The summed E-state index contributed by atoms with van der Waals surface area (Å²) < 4.78 is 42.2. The fourth-order valence-electron chi connectivity index (χ4n) is 2.35. The summed E-state index contributed by atoms with van der Waals surface area (Å²) in [6.45, 7) is 25.7. The molecule has 8 heteroatoms. The van der Waals surface area contributed by atoms with Gasteiger partial charge in [-0.15, -0.1) is 0 Å². The summed E-state index contributed by atoms with van der Waals surface area (Å²) in [5.74, 6) is 0.590. The summed E-state index contributed by atoms with van der Waals surface area (Å²) in [6, 6.07) is 5.71. The SMILES string of the molecule is C=Cc1ccc(OCOP(=O)(OC(C)(C)C)OC(C)(C)C)c(CO[Si](C)(C)C(C)(C)C)c1. The molecule has 0 fully saturated rings. The van der Waals surface area contributed by atoms with Crippen LogP contribution in [0.2, 0.25) is 18.1 Å². The first kappa shape index (κ1) is 29.1. The van der Waals surface area contributed by atoms with Gasteiger partial charge in [0.05, 0.1) is 17.8 Å². The fraction of sp³-hybridized carbons (Fsp3) is 0.667. The second-order valence-electron chi connectivity index (χ2n) is 11.4. The molecule has 1 aromatic rings. The van der Waals surface area contributed by atoms with E-state index < -0.39 is 27.3 Å². The van der Waals surface area contributed by atoms with Crippen molar-refractivity contribution in [1.82, 2.24) is 0 Å². The molecule has 0 bridgehead atoms. The molecule has 1 rings (SSSR count). The highest BCUT2D eigenvalue weighted by Gasteiger charge is 2.38. The highest BCUT2D eigenvalue weighted by Crippen LogP contribution is 2.55. The van der Waals surface area contributed by atoms with Gasteiger partial charge in [-0.2, -0.15) is 0 Å². The number of phosphoric acid groups is 1. The molecular weight excluding hydrogens is 443 g/mol. The highest BCUT2D eigenvalue weighted by molar-refractivity contribution is 7.48. The number of phosphoric ester groups is 1. The number of hydrogen-bond donors (Lipinski definition) is 0. The van der Waals surface area contributed by atoms with Crippen molar-refractivity contribution in [2.75, 3.05) is 6.79 Å². The Kier molecular flexibility index (Phi) is 9.58. The molecule has 0 heterocycles. The van der Waals surface area contributed by atoms with Crippen molar-refractivity contribution in [2.24, 2.45) is 0 Å². The van der Waals surface area contributed by atoms with E-state index in [2.05, 4.69) is 40.4 Å². The van der Waals surface area contributed by atoms with Gasteiger partial charge < -0.3 is 9.16 Å². The van der Waals surface area contributed by atoms with E-state index >= 15 is 0 Å². The lowest BCUT2D eigenvalue weighted by Crippen LogP contribution is -2.40. The standard InChI is InChI=1S/C24H43O6PSi/c1-13-19-14-15-21(20(16-19)17-28-32(11,12)24(8,9)10)26-18-27-31(25,29-22(2,3)4)30-23(5,6)7/h13-16H,1,17-18H2,2-12H3. The van der Waals surface area contributed by atoms with E-state index in [1.165, 1.54) is 0 Å². The molecule has 0 unspecified atom stereocenters. The molecule has 0 aliphatic heterocycles. The molecule has 0 aromatic heterocycles. The molecule has 0 atom stereocenters. The second-order valence-corrected chi connectivity index (χ2v) is 17.7. The highest BCUT2D eigenvalue weighted by atomic mass is 31.2. The molecule has 32 heavy (non-hydrogen) atoms. The minimum absolute atomic E-state index is 0.0917. The summed E-state index contributed by atoms with van der Waals surface area (Å²) in [5, 5.41) is 0.0917. The zero-order chi connectivity index (χ0) is 25.0. The van der Waals surface area contributed by atoms with E-state index in [0.717, 1.165) is 11.1 Å². The van der Waals surface area contributed by atoms with E-state index in [4.69, 9.17) is 22.7 Å². The monoisotopic (exact) mass is 486 g/mol. The summed E-state index contributed by atoms with van der Waals surface area (Å²) in [4.78, 5) is 0. The van der Waals surface area contributed by atoms with E-state index in [0.29, 0.717) is 12.4 Å². The van der Waals surface area contributed by atoms with Crippen LogP contribution in [0, 0.1) is 0 Å². The number of ether oxygens (including phenoxy) is 1. The average molecular weight is 487 g/mol. The number of rotatable bonds is 10. The largest absolute Gasteiger partial charge is 0.478 e. The molecule has 0 saturated heterocycles. The molecule has 0 saturated carbocycles. The molecule has 0 aliphatic rings. The van der Waals surface area contributed by atoms with Gasteiger partial charge in [0.1, 0.15) is 5.75 Å². The minimum atomic E-state index is -3.86. The third-order valence-electron chi connectivity index (χ3n) is 4.91. The van der Waals surface area contributed by atoms with Crippen molar-refractivity contribution in [3.05, 3.63) is 35.9 Å². The second kappa shape index (κ2) is 10.5. The van der Waals surface area contributed by atoms with Gasteiger partial charge in [0.25, 0.3) is 0 Å². The van der Waals surface area contributed by atoms with Crippen LogP contribution in [-0.4, -0.2) is 26.3 Å². The topological polar surface area (TPSA) is 63.2 Å². The van der Waals surface area contributed by atoms with Crippen LogP contribution in [0.25, 0.3) is 6.08 Å². The summed E-state index contributed by atoms with van der Waals surface area (Å²) in [6.07, 6.45) is 1.78. The van der Waals surface area contributed by atoms with Gasteiger partial charge in [-0.05, 0) is 77.4 Å². The Morgan fingerprint density at radius 3 is 1.94 bits per heavy atom. The quantitative estimate of drug-likeness (QED) is 0.190. The van der Waals surface area contributed by atoms with Crippen molar-refractivity contribution in [2.45, 2.75) is 98.3 Å². The zero-order valence-electron chi connectivity index (χ0n) is 21.8. The fourth-order valence-corrected chi connectivity index (χ4v) is 4.97. The van der Waals surface area contributed by atoms with Crippen molar-refractivity contribution >= 4 is 22.2 Å². The van der Waals surface area contributed by atoms with Gasteiger partial charge in [0, 0.05) is 5.56 Å². The van der Waals surface area contributed by atoms with E-state index in [-0.39, 0.29) is 11.8 Å². The summed E-state index contributed by atoms with van der Waals surface area (Å²) >= 11 is 0. The molecular formula is C24H43O6PSi. The summed E-state index contributed by atoms with van der Waals surface area (Å²) in [5.41, 5.74) is 0.410. The third-order valence-corrected chi connectivity index (χ3v) is 11.4. The Morgan fingerprint density at radius 2 is 1.50 bits per heavy atom. The molecule has 0 N–H and O–H groups in total. The smallest absolute Gasteiger partial charge is 0.467 e. The maximum absolute atomic E-state index is 13.2. The van der Waals surface area contributed by atoms with Crippen molar-refractivity contribution < 1.29 is 27.3 Å². The Labute approximate surface area is 196 Å². The molecule has 1 aromatic carbocycles. The van der Waals surface area contributed by atoms with E-state index in [9.17, 15) is 4.57 Å². The third kappa shape index (κ3) is 9.90. The molecule has 0 aliphatic carbocycles. The first-order chi connectivity index (χ1) is 14.3. The Hall–Kier alpha value is -0.953. The van der Waals surface area contributed by atoms with E-state index in [1.54, 1.807) is 47.6 Å². The number of benzene rings is 1. The van der Waals surface area contributed by atoms with Crippen LogP contribution in [0.4, 0.5) is 0 Å². The lowest BCUT2D eigenvalue weighted by atomic mass is 10.1. The van der Waals surface area contributed by atoms with Gasteiger partial charge in [0.15, 0.2) is 15.1 Å². The molecule has 0 radical (unpaired) electrons. The lowest BCUT2D eigenvalue weighted by Gasteiger charge is -2.36. The van der Waals surface area contributed by atoms with Crippen LogP contribution < -0.4 is 4.74 Å². The molecule has 6 nitrogen and oxygen atoms in total. The predicted octanol–water partition coefficient (Wildman–Crippen LogP) is 7.94. The van der Waals surface area contributed by atoms with Crippen LogP contribution >= 0.6 is 7.82 Å². The van der Waals surface area contributed by atoms with Crippen molar-refractivity contribution in [3.8, 4) is 5.75 Å². The maximum Gasteiger partial charge on any atom is 0.478 e. The summed E-state index contributed by atoms with van der Waals surface area (Å²) in [7, 11) is -5.81. The van der Waals surface area contributed by atoms with Gasteiger partial charge >= 0.3 is 7.82 Å². The lowest BCUT2D eigenvalue weighted by molar-refractivity contribution is -0.0191. The van der Waals surface area contributed by atoms with Gasteiger partial charge in [-0.3, -0.25) is 9.05 Å². The molecule has 0 amide bonds. The van der Waals surface area contributed by atoms with Crippen LogP contribution in [0.1, 0.15) is 73.4 Å². The minimum Gasteiger partial charge on any atom is -0.467 e. The van der Waals surface area contributed by atoms with Crippen molar-refractivity contribution in [1.29, 1.82) is 0 Å². The predicted molar refractivity (Wildman–Crippen MR) is 134 cm³/mol. The first-order valence-electron chi connectivity index (χ1n) is 11.0. The number of hydrogen-bond acceptors (Lipinski definition) is 6. The van der Waals surface area contributed by atoms with Crippen LogP contribution in [0.15, 0.2) is 24.8 Å². The first-order valence-corrected chi connectivity index (χ1v) is 15.3. The Balaban J connectivity index is 3.01. The molecule has 0 spiro atoms. The Bertz CT molecular complexity index is 795. The zero-order valence-corrected chi connectivity index (χ0v) is 23.7. The van der Waals surface area contributed by atoms with Crippen molar-refractivity contribution in [3.63, 3.8) is 0 Å². The van der Waals surface area contributed by atoms with E-state index in [1.807, 2.05) is 18.2 Å². The Morgan fingerprint density at radius 1 is 0.969 bits per heavy atom. The van der Waals surface area contributed by atoms with Crippen LogP contribution in [0.3, 0.4) is 0 Å². The average Bonchev–Trinajstić information content (AvgIpc) is 2.56. The van der Waals surface area contributed by atoms with Crippen LogP contribution in [-0.2, 0) is 29.2 Å². The van der Waals surface area contributed by atoms with Crippen LogP contribution in [0.5, 0.6) is 5.75 Å². The molecule has 184 valence electrons. The maximum atomic E-state index is 13.2. The van der Waals surface area contributed by atoms with Gasteiger partial charge in [-0.1, -0.05) is 39.5 Å². The van der Waals surface area contributed by atoms with Gasteiger partial charge in [-0.25, -0.2) is 9.09 Å². The normalized spacial score (nSPS) is 13.8.